The molecule has 0 aliphatic heterocycles. The minimum absolute atomic E-state index is 1.09. The third-order valence-electron chi connectivity index (χ3n) is 11.5. The van der Waals surface area contributed by atoms with Crippen LogP contribution in [0.5, 0.6) is 0 Å². The first-order valence-corrected chi connectivity index (χ1v) is 20.2. The molecule has 0 N–H and O–H groups in total. The highest BCUT2D eigenvalue weighted by Crippen LogP contribution is 2.42. The Labute approximate surface area is 343 Å². The van der Waals surface area contributed by atoms with E-state index in [1.165, 1.54) is 49.4 Å². The number of hydrogen-bond acceptors (Lipinski definition) is 1. The van der Waals surface area contributed by atoms with Crippen LogP contribution in [0.4, 0.5) is 17.1 Å². The number of para-hydroxylation sites is 3. The van der Waals surface area contributed by atoms with Crippen LogP contribution in [-0.4, -0.2) is 9.13 Å². The maximum Gasteiger partial charge on any atom is 0.131 e. The molecule has 0 saturated heterocycles. The minimum Gasteiger partial charge on any atom is -0.310 e. The fourth-order valence-electron chi connectivity index (χ4n) is 8.76. The number of nitrogens with zero attached hydrogens (tertiary/aromatic N) is 3. The first-order chi connectivity index (χ1) is 29.3. The highest BCUT2D eigenvalue weighted by molar-refractivity contribution is 6.22. The molecule has 0 fully saturated rings. The Hall–Kier alpha value is -7.88. The number of anilines is 3. The molecule has 59 heavy (non-hydrogen) atoms. The summed E-state index contributed by atoms with van der Waals surface area (Å²) in [6, 6.07) is 85.2. The van der Waals surface area contributed by atoms with Crippen molar-refractivity contribution in [1.29, 1.82) is 0 Å². The molecular formula is C56H39N3. The van der Waals surface area contributed by atoms with Crippen LogP contribution in [0.1, 0.15) is 0 Å². The third kappa shape index (κ3) is 6.08. The largest absolute Gasteiger partial charge is 0.310 e. The Morgan fingerprint density at radius 2 is 0.678 bits per heavy atom. The van der Waals surface area contributed by atoms with Crippen LogP contribution in [-0.2, 0) is 0 Å². The van der Waals surface area contributed by atoms with E-state index in [1.807, 2.05) is 0 Å². The van der Waals surface area contributed by atoms with Gasteiger partial charge in [-0.25, -0.2) is 0 Å². The van der Waals surface area contributed by atoms with Gasteiger partial charge in [-0.3, -0.25) is 9.13 Å². The summed E-state index contributed by atoms with van der Waals surface area (Å²) in [6.45, 7) is 0. The molecule has 11 rings (SSSR count). The predicted molar refractivity (Wildman–Crippen MR) is 249 cm³/mol. The third-order valence-corrected chi connectivity index (χ3v) is 11.5. The molecule has 0 unspecified atom stereocenters. The number of fused-ring (bicyclic) bond motifs is 5. The molecule has 0 aliphatic rings. The van der Waals surface area contributed by atoms with Crippen molar-refractivity contribution in [1.82, 2.24) is 9.13 Å². The summed E-state index contributed by atoms with van der Waals surface area (Å²) in [5, 5.41) is 3.76. The van der Waals surface area contributed by atoms with E-state index in [-0.39, 0.29) is 0 Å². The molecule has 9 aromatic carbocycles. The molecule has 278 valence electrons. The molecule has 0 atom stereocenters. The van der Waals surface area contributed by atoms with Gasteiger partial charge < -0.3 is 4.90 Å². The minimum atomic E-state index is 1.09. The Bertz CT molecular complexity index is 3150. The molecule has 0 aliphatic carbocycles. The lowest BCUT2D eigenvalue weighted by Gasteiger charge is -2.26. The summed E-state index contributed by atoms with van der Waals surface area (Å²) in [5.74, 6) is 0. The van der Waals surface area contributed by atoms with Crippen LogP contribution >= 0.6 is 0 Å². The van der Waals surface area contributed by atoms with E-state index >= 15 is 0 Å². The fourth-order valence-corrected chi connectivity index (χ4v) is 8.76. The Morgan fingerprint density at radius 1 is 0.271 bits per heavy atom. The van der Waals surface area contributed by atoms with Gasteiger partial charge in [0.25, 0.3) is 0 Å². The average Bonchev–Trinajstić information content (AvgIpc) is 3.83. The molecular weight excluding hydrogens is 715 g/mol. The van der Waals surface area contributed by atoms with Crippen molar-refractivity contribution in [2.45, 2.75) is 0 Å². The predicted octanol–water partition coefficient (Wildman–Crippen LogP) is 15.2. The van der Waals surface area contributed by atoms with Gasteiger partial charge in [-0.05, 0) is 106 Å². The monoisotopic (exact) mass is 753 g/mol. The van der Waals surface area contributed by atoms with Gasteiger partial charge in [-0.1, -0.05) is 164 Å². The molecule has 2 heterocycles. The lowest BCUT2D eigenvalue weighted by molar-refractivity contribution is 1.07. The zero-order chi connectivity index (χ0) is 39.1. The number of rotatable bonds is 8. The molecule has 0 radical (unpaired) electrons. The van der Waals surface area contributed by atoms with Crippen LogP contribution in [0.15, 0.2) is 237 Å². The van der Waals surface area contributed by atoms with Gasteiger partial charge in [-0.15, -0.1) is 0 Å². The van der Waals surface area contributed by atoms with Gasteiger partial charge in [0.2, 0.25) is 0 Å². The van der Waals surface area contributed by atoms with Gasteiger partial charge in [0, 0.05) is 44.6 Å². The number of aromatic nitrogens is 2. The van der Waals surface area contributed by atoms with Crippen molar-refractivity contribution < 1.29 is 0 Å². The van der Waals surface area contributed by atoms with Crippen molar-refractivity contribution >= 4 is 49.9 Å². The molecule has 0 amide bonds. The summed E-state index contributed by atoms with van der Waals surface area (Å²) in [6.07, 6.45) is 0. The lowest BCUT2D eigenvalue weighted by Crippen LogP contribution is -2.10. The van der Waals surface area contributed by atoms with Gasteiger partial charge in [0.15, 0.2) is 0 Å². The quantitative estimate of drug-likeness (QED) is 0.151. The second-order valence-corrected chi connectivity index (χ2v) is 15.0. The maximum atomic E-state index is 2.44. The maximum absolute atomic E-state index is 2.44. The summed E-state index contributed by atoms with van der Waals surface area (Å²) >= 11 is 0. The van der Waals surface area contributed by atoms with E-state index < -0.39 is 0 Å². The lowest BCUT2D eigenvalue weighted by atomic mass is 10.0. The molecule has 0 saturated carbocycles. The summed E-state index contributed by atoms with van der Waals surface area (Å²) < 4.78 is 4.86. The molecule has 0 spiro atoms. The van der Waals surface area contributed by atoms with Crippen LogP contribution in [0.2, 0.25) is 0 Å². The smallest absolute Gasteiger partial charge is 0.131 e. The van der Waals surface area contributed by atoms with Crippen molar-refractivity contribution in [2.24, 2.45) is 0 Å². The average molecular weight is 754 g/mol. The van der Waals surface area contributed by atoms with E-state index in [1.54, 1.807) is 0 Å². The number of benzene rings is 9. The highest BCUT2D eigenvalue weighted by atomic mass is 15.1. The van der Waals surface area contributed by atoms with Crippen molar-refractivity contribution in [3.63, 3.8) is 0 Å². The second-order valence-electron chi connectivity index (χ2n) is 15.0. The van der Waals surface area contributed by atoms with E-state index in [9.17, 15) is 0 Å². The van der Waals surface area contributed by atoms with E-state index in [0.29, 0.717) is 0 Å². The molecule has 3 nitrogen and oxygen atoms in total. The summed E-state index contributed by atoms with van der Waals surface area (Å²) in [5.41, 5.74) is 16.2. The summed E-state index contributed by atoms with van der Waals surface area (Å²) in [7, 11) is 0. The van der Waals surface area contributed by atoms with Crippen LogP contribution < -0.4 is 4.90 Å². The zero-order valence-electron chi connectivity index (χ0n) is 32.4. The zero-order valence-corrected chi connectivity index (χ0v) is 32.4. The van der Waals surface area contributed by atoms with Crippen molar-refractivity contribution in [3.8, 4) is 44.8 Å². The standard InChI is InChI=1S/C56H39N3/c1-4-16-40(17-5-1)42-30-34-47(35-31-42)57(48-36-32-43(33-37-48)41-18-6-2-7-19-41)49-24-14-20-44(38-49)45-21-15-25-50(39-45)59-54-29-13-11-27-52(54)55-51-26-10-12-28-53(51)58(56(55)59)46-22-8-3-9-23-46/h1-39H. The van der Waals surface area contributed by atoms with Crippen molar-refractivity contribution in [2.75, 3.05) is 4.90 Å². The van der Waals surface area contributed by atoms with Gasteiger partial charge >= 0.3 is 0 Å². The van der Waals surface area contributed by atoms with E-state index in [0.717, 1.165) is 45.2 Å². The first-order valence-electron chi connectivity index (χ1n) is 20.2. The molecule has 2 aromatic heterocycles. The van der Waals surface area contributed by atoms with Gasteiger partial charge in [-0.2, -0.15) is 0 Å². The van der Waals surface area contributed by atoms with Crippen LogP contribution in [0.3, 0.4) is 0 Å². The normalized spacial score (nSPS) is 11.4. The highest BCUT2D eigenvalue weighted by Gasteiger charge is 2.22. The molecule has 11 aromatic rings. The van der Waals surface area contributed by atoms with Gasteiger partial charge in [0.05, 0.1) is 11.0 Å². The Morgan fingerprint density at radius 3 is 1.24 bits per heavy atom. The fraction of sp³-hybridized carbons (Fsp3) is 0. The first kappa shape index (κ1) is 34.4. The van der Waals surface area contributed by atoms with Crippen LogP contribution in [0.25, 0.3) is 77.6 Å². The topological polar surface area (TPSA) is 13.1 Å². The van der Waals surface area contributed by atoms with E-state index in [4.69, 9.17) is 0 Å². The second kappa shape index (κ2) is 14.6. The Balaban J connectivity index is 1.05. The summed E-state index contributed by atoms with van der Waals surface area (Å²) in [4.78, 5) is 2.36. The molecule has 3 heteroatoms. The SMILES string of the molecule is c1ccc(-c2ccc(N(c3ccc(-c4ccccc4)cc3)c3cccc(-c4cccc(-n5c6ccccc6c6c7ccccc7n(-c7ccccc7)c65)c4)c3)cc2)cc1. The molecule has 0 bridgehead atoms. The van der Waals surface area contributed by atoms with Crippen LogP contribution in [0, 0.1) is 0 Å². The Kier molecular flexibility index (Phi) is 8.49. The number of hydrogen-bond donors (Lipinski definition) is 0. The van der Waals surface area contributed by atoms with Crippen molar-refractivity contribution in [3.05, 3.63) is 237 Å². The van der Waals surface area contributed by atoms with E-state index in [2.05, 4.69) is 251 Å². The van der Waals surface area contributed by atoms with Gasteiger partial charge in [0.1, 0.15) is 5.65 Å².